The molecule has 0 fully saturated rings. The number of aldehydes is 1. The van der Waals surface area contributed by atoms with Gasteiger partial charge in [0.15, 0.2) is 0 Å². The van der Waals surface area contributed by atoms with E-state index in [1.54, 1.807) is 19.1 Å². The number of carboxylic acid groups (broad SMARTS) is 1. The fourth-order valence-corrected chi connectivity index (χ4v) is 1.59. The van der Waals surface area contributed by atoms with Crippen LogP contribution in [0.2, 0.25) is 0 Å². The quantitative estimate of drug-likeness (QED) is 0.866. The third kappa shape index (κ3) is 5.96. The van der Waals surface area contributed by atoms with Crippen molar-refractivity contribution in [3.63, 3.8) is 0 Å². The van der Waals surface area contributed by atoms with E-state index in [4.69, 9.17) is 5.11 Å². The normalized spacial score (nSPS) is 10.8. The van der Waals surface area contributed by atoms with E-state index in [0.717, 1.165) is 17.4 Å². The summed E-state index contributed by atoms with van der Waals surface area (Å²) in [7, 11) is 0. The zero-order valence-electron chi connectivity index (χ0n) is 11.4. The molecule has 0 radical (unpaired) electrons. The molecule has 0 aliphatic carbocycles. The summed E-state index contributed by atoms with van der Waals surface area (Å²) in [6, 6.07) is 18.8. The summed E-state index contributed by atoms with van der Waals surface area (Å²) in [5.41, 5.74) is 1.81. The first-order valence-electron chi connectivity index (χ1n) is 6.40. The number of carboxylic acids is 1. The highest BCUT2D eigenvalue weighted by Gasteiger charge is 2.10. The molecule has 2 rings (SSSR count). The van der Waals surface area contributed by atoms with E-state index in [-0.39, 0.29) is 5.92 Å². The van der Waals surface area contributed by atoms with Gasteiger partial charge < -0.3 is 5.11 Å². The van der Waals surface area contributed by atoms with E-state index >= 15 is 0 Å². The summed E-state index contributed by atoms with van der Waals surface area (Å²) in [6.07, 6.45) is 1.44. The van der Waals surface area contributed by atoms with Crippen molar-refractivity contribution in [3.05, 3.63) is 71.8 Å². The molecule has 0 bridgehead atoms. The molecule has 0 saturated carbocycles. The summed E-state index contributed by atoms with van der Waals surface area (Å²) >= 11 is 0. The van der Waals surface area contributed by atoms with Gasteiger partial charge in [-0.3, -0.25) is 9.59 Å². The third-order valence-electron chi connectivity index (χ3n) is 2.74. The molecule has 3 nitrogen and oxygen atoms in total. The molecule has 0 amide bonds. The Kier molecular flexibility index (Phi) is 6.76. The van der Waals surface area contributed by atoms with Crippen LogP contribution in [-0.2, 0) is 11.2 Å². The van der Waals surface area contributed by atoms with Crippen LogP contribution in [0.1, 0.15) is 22.8 Å². The fraction of sp³-hybridized carbons (Fsp3) is 0.176. The van der Waals surface area contributed by atoms with Crippen LogP contribution in [0.15, 0.2) is 60.7 Å². The second-order valence-corrected chi connectivity index (χ2v) is 4.46. The number of hydrogen-bond donors (Lipinski definition) is 1. The average Bonchev–Trinajstić information content (AvgIpc) is 2.49. The first-order valence-corrected chi connectivity index (χ1v) is 6.40. The molecule has 2 aromatic carbocycles. The van der Waals surface area contributed by atoms with Gasteiger partial charge in [-0.15, -0.1) is 0 Å². The van der Waals surface area contributed by atoms with E-state index in [1.165, 1.54) is 0 Å². The van der Waals surface area contributed by atoms with Gasteiger partial charge in [0.25, 0.3) is 0 Å². The summed E-state index contributed by atoms with van der Waals surface area (Å²) < 4.78 is 0. The first-order chi connectivity index (χ1) is 9.63. The minimum Gasteiger partial charge on any atom is -0.481 e. The summed E-state index contributed by atoms with van der Waals surface area (Å²) in [5, 5.41) is 8.64. The van der Waals surface area contributed by atoms with Crippen LogP contribution in [0.4, 0.5) is 0 Å². The number of hydrogen-bond acceptors (Lipinski definition) is 2. The minimum atomic E-state index is -0.737. The van der Waals surface area contributed by atoms with Crippen molar-refractivity contribution in [1.29, 1.82) is 0 Å². The highest BCUT2D eigenvalue weighted by Crippen LogP contribution is 2.07. The van der Waals surface area contributed by atoms with Crippen molar-refractivity contribution in [2.75, 3.05) is 0 Å². The van der Waals surface area contributed by atoms with E-state index in [2.05, 4.69) is 0 Å². The van der Waals surface area contributed by atoms with E-state index in [1.807, 2.05) is 48.5 Å². The van der Waals surface area contributed by atoms with E-state index < -0.39 is 5.97 Å². The lowest BCUT2D eigenvalue weighted by Gasteiger charge is -2.04. The van der Waals surface area contributed by atoms with Crippen LogP contribution in [-0.4, -0.2) is 17.4 Å². The Morgan fingerprint density at radius 3 is 1.95 bits per heavy atom. The van der Waals surface area contributed by atoms with E-state index in [0.29, 0.717) is 6.42 Å². The molecular formula is C17H18O3. The predicted octanol–water partition coefficient (Wildman–Crippen LogP) is 3.45. The molecule has 0 aromatic heterocycles. The van der Waals surface area contributed by atoms with Crippen LogP contribution >= 0.6 is 0 Å². The van der Waals surface area contributed by atoms with Crippen molar-refractivity contribution < 1.29 is 14.7 Å². The van der Waals surface area contributed by atoms with Gasteiger partial charge in [0.1, 0.15) is 6.29 Å². The van der Waals surface area contributed by atoms with Crippen molar-refractivity contribution >= 4 is 12.3 Å². The SMILES string of the molecule is CC(Cc1ccccc1)C(=O)O.O=Cc1ccccc1. The first kappa shape index (κ1) is 15.6. The number of rotatable bonds is 4. The molecule has 1 unspecified atom stereocenters. The van der Waals surface area contributed by atoms with Crippen molar-refractivity contribution in [3.8, 4) is 0 Å². The Morgan fingerprint density at radius 1 is 1.05 bits per heavy atom. The van der Waals surface area contributed by atoms with Gasteiger partial charge in [0.05, 0.1) is 5.92 Å². The molecule has 0 heterocycles. The highest BCUT2D eigenvalue weighted by molar-refractivity contribution is 5.74. The van der Waals surface area contributed by atoms with Crippen LogP contribution < -0.4 is 0 Å². The Morgan fingerprint density at radius 2 is 1.55 bits per heavy atom. The Hall–Kier alpha value is -2.42. The number of aliphatic carboxylic acids is 1. The molecule has 0 saturated heterocycles. The maximum atomic E-state index is 10.5. The topological polar surface area (TPSA) is 54.4 Å². The van der Waals surface area contributed by atoms with E-state index in [9.17, 15) is 9.59 Å². The van der Waals surface area contributed by atoms with Gasteiger partial charge in [-0.1, -0.05) is 67.6 Å². The molecule has 2 aromatic rings. The molecular weight excluding hydrogens is 252 g/mol. The molecule has 0 spiro atoms. The van der Waals surface area contributed by atoms with Gasteiger partial charge in [0, 0.05) is 5.56 Å². The molecule has 3 heteroatoms. The fourth-order valence-electron chi connectivity index (χ4n) is 1.59. The van der Waals surface area contributed by atoms with Gasteiger partial charge in [0.2, 0.25) is 0 Å². The van der Waals surface area contributed by atoms with Crippen molar-refractivity contribution in [1.82, 2.24) is 0 Å². The van der Waals surface area contributed by atoms with Crippen LogP contribution in [0.25, 0.3) is 0 Å². The van der Waals surface area contributed by atoms with Gasteiger partial charge in [-0.2, -0.15) is 0 Å². The molecule has 104 valence electrons. The lowest BCUT2D eigenvalue weighted by atomic mass is 10.0. The molecule has 1 N–H and O–H groups in total. The van der Waals surface area contributed by atoms with Gasteiger partial charge >= 0.3 is 5.97 Å². The second kappa shape index (κ2) is 8.64. The number of carbonyl (C=O) groups excluding carboxylic acids is 1. The number of carbonyl (C=O) groups is 2. The lowest BCUT2D eigenvalue weighted by molar-refractivity contribution is -0.141. The van der Waals surface area contributed by atoms with Crippen LogP contribution in [0.5, 0.6) is 0 Å². The van der Waals surface area contributed by atoms with Crippen LogP contribution in [0.3, 0.4) is 0 Å². The maximum absolute atomic E-state index is 10.5. The third-order valence-corrected chi connectivity index (χ3v) is 2.74. The monoisotopic (exact) mass is 270 g/mol. The minimum absolute atomic E-state index is 0.299. The molecule has 1 atom stereocenters. The van der Waals surface area contributed by atoms with Gasteiger partial charge in [-0.05, 0) is 12.0 Å². The summed E-state index contributed by atoms with van der Waals surface area (Å²) in [6.45, 7) is 1.72. The zero-order valence-corrected chi connectivity index (χ0v) is 11.4. The maximum Gasteiger partial charge on any atom is 0.306 e. The van der Waals surface area contributed by atoms with Crippen LogP contribution in [0, 0.1) is 5.92 Å². The largest absolute Gasteiger partial charge is 0.481 e. The predicted molar refractivity (Wildman–Crippen MR) is 78.8 cm³/mol. The Balaban J connectivity index is 0.000000217. The molecule has 20 heavy (non-hydrogen) atoms. The van der Waals surface area contributed by atoms with Crippen molar-refractivity contribution in [2.24, 2.45) is 5.92 Å². The Labute approximate surface area is 118 Å². The van der Waals surface area contributed by atoms with Gasteiger partial charge in [-0.25, -0.2) is 0 Å². The number of benzene rings is 2. The second-order valence-electron chi connectivity index (χ2n) is 4.46. The molecule has 0 aliphatic rings. The van der Waals surface area contributed by atoms with Crippen molar-refractivity contribution in [2.45, 2.75) is 13.3 Å². The molecule has 0 aliphatic heterocycles. The lowest BCUT2D eigenvalue weighted by Crippen LogP contribution is -2.11. The highest BCUT2D eigenvalue weighted by atomic mass is 16.4. The average molecular weight is 270 g/mol. The standard InChI is InChI=1S/C10H12O2.C7H6O/c1-8(10(11)12)7-9-5-3-2-4-6-9;8-6-7-4-2-1-3-5-7/h2-6,8H,7H2,1H3,(H,11,12);1-6H. The summed E-state index contributed by atoms with van der Waals surface area (Å²) in [5.74, 6) is -1.04. The smallest absolute Gasteiger partial charge is 0.306 e. The zero-order chi connectivity index (χ0) is 14.8. The summed E-state index contributed by atoms with van der Waals surface area (Å²) in [4.78, 5) is 20.5. The Bertz CT molecular complexity index is 520.